The number of allylic oxidation sites excluding steroid dienone is 2. The molecule has 182 valence electrons. The zero-order valence-electron chi connectivity index (χ0n) is 20.0. The van der Waals surface area contributed by atoms with E-state index in [9.17, 15) is 14.9 Å². The molecular weight excluding hydrogens is 466 g/mol. The van der Waals surface area contributed by atoms with E-state index >= 15 is 0 Å². The number of esters is 1. The monoisotopic (exact) mass is 493 g/mol. The van der Waals surface area contributed by atoms with Crippen LogP contribution in [0.4, 0.5) is 5.69 Å². The van der Waals surface area contributed by atoms with Gasteiger partial charge in [-0.2, -0.15) is 5.26 Å². The molecule has 0 aliphatic carbocycles. The summed E-state index contributed by atoms with van der Waals surface area (Å²) in [5.41, 5.74) is 2.58. The number of nitrogens with one attached hydrogen (secondary N) is 2. The lowest BCUT2D eigenvalue weighted by Crippen LogP contribution is -2.31. The van der Waals surface area contributed by atoms with E-state index in [1.165, 1.54) is 26.0 Å². The maximum absolute atomic E-state index is 13.5. The van der Waals surface area contributed by atoms with Crippen molar-refractivity contribution in [3.8, 4) is 17.6 Å². The number of nitrogens with zero attached hydrogens (tertiary/aromatic N) is 1. The Bertz CT molecular complexity index is 1200. The van der Waals surface area contributed by atoms with Crippen LogP contribution >= 0.6 is 11.8 Å². The Labute approximate surface area is 208 Å². The number of methoxy groups -OCH3 is 2. The highest BCUT2D eigenvalue weighted by atomic mass is 32.2. The van der Waals surface area contributed by atoms with E-state index in [4.69, 9.17) is 14.2 Å². The van der Waals surface area contributed by atoms with Crippen molar-refractivity contribution in [2.75, 3.05) is 31.9 Å². The summed E-state index contributed by atoms with van der Waals surface area (Å²) in [6.07, 6.45) is 0. The van der Waals surface area contributed by atoms with E-state index in [0.717, 1.165) is 0 Å². The average Bonchev–Trinajstić information content (AvgIpc) is 2.87. The first-order valence-electron chi connectivity index (χ1n) is 10.9. The fourth-order valence-electron chi connectivity index (χ4n) is 3.75. The summed E-state index contributed by atoms with van der Waals surface area (Å²) in [6, 6.07) is 16.6. The van der Waals surface area contributed by atoms with Gasteiger partial charge < -0.3 is 24.8 Å². The molecule has 0 aromatic heterocycles. The van der Waals surface area contributed by atoms with Crippen molar-refractivity contribution in [1.82, 2.24) is 5.32 Å². The Hall–Kier alpha value is -3.90. The van der Waals surface area contributed by atoms with Crippen LogP contribution < -0.4 is 20.1 Å². The molecule has 1 atom stereocenters. The lowest BCUT2D eigenvalue weighted by molar-refractivity contribution is -0.139. The summed E-state index contributed by atoms with van der Waals surface area (Å²) in [5, 5.41) is 16.7. The molecule has 0 radical (unpaired) electrons. The molecule has 0 spiro atoms. The van der Waals surface area contributed by atoms with E-state index in [-0.39, 0.29) is 24.2 Å². The molecule has 35 heavy (non-hydrogen) atoms. The van der Waals surface area contributed by atoms with Gasteiger partial charge in [-0.25, -0.2) is 0 Å². The summed E-state index contributed by atoms with van der Waals surface area (Å²) in [5.74, 6) is -0.403. The Kier molecular flexibility index (Phi) is 8.81. The highest BCUT2D eigenvalue weighted by molar-refractivity contribution is 8.03. The zero-order chi connectivity index (χ0) is 25.4. The lowest BCUT2D eigenvalue weighted by Gasteiger charge is -2.30. The Morgan fingerprint density at radius 2 is 1.83 bits per heavy atom. The van der Waals surface area contributed by atoms with Crippen LogP contribution in [0.1, 0.15) is 25.3 Å². The van der Waals surface area contributed by atoms with E-state index < -0.39 is 5.92 Å². The first kappa shape index (κ1) is 25.7. The maximum atomic E-state index is 13.5. The molecule has 1 heterocycles. The van der Waals surface area contributed by atoms with Crippen molar-refractivity contribution in [2.24, 2.45) is 0 Å². The molecule has 8 nitrogen and oxygen atoms in total. The summed E-state index contributed by atoms with van der Waals surface area (Å²) < 4.78 is 15.8. The van der Waals surface area contributed by atoms with E-state index in [2.05, 4.69) is 16.7 Å². The van der Waals surface area contributed by atoms with Crippen LogP contribution in [0.5, 0.6) is 11.5 Å². The molecule has 1 amide bonds. The zero-order valence-corrected chi connectivity index (χ0v) is 20.8. The van der Waals surface area contributed by atoms with Gasteiger partial charge in [0.2, 0.25) is 0 Å². The van der Waals surface area contributed by atoms with Gasteiger partial charge in [0.25, 0.3) is 5.91 Å². The van der Waals surface area contributed by atoms with Crippen molar-refractivity contribution < 1.29 is 23.8 Å². The van der Waals surface area contributed by atoms with Crippen LogP contribution in [0.3, 0.4) is 0 Å². The molecule has 9 heteroatoms. The number of para-hydroxylation sites is 1. The van der Waals surface area contributed by atoms with E-state index in [1.807, 2.05) is 18.2 Å². The molecular formula is C26H27N3O5S. The van der Waals surface area contributed by atoms with Crippen molar-refractivity contribution in [2.45, 2.75) is 19.8 Å². The minimum atomic E-state index is -0.700. The van der Waals surface area contributed by atoms with Gasteiger partial charge in [0, 0.05) is 17.0 Å². The number of dihydropyridines is 1. The van der Waals surface area contributed by atoms with Gasteiger partial charge in [-0.15, -0.1) is 0 Å². The number of rotatable bonds is 9. The summed E-state index contributed by atoms with van der Waals surface area (Å²) in [7, 11) is 3.06. The Morgan fingerprint density at radius 1 is 1.11 bits per heavy atom. The number of nitriles is 1. The third-order valence-electron chi connectivity index (χ3n) is 5.30. The fraction of sp³-hybridized carbons (Fsp3) is 0.269. The molecule has 0 saturated carbocycles. The number of amides is 1. The molecule has 3 rings (SSSR count). The fourth-order valence-corrected chi connectivity index (χ4v) is 4.64. The number of carbonyl (C=O) groups excluding carboxylic acids is 2. The molecule has 2 N–H and O–H groups in total. The summed E-state index contributed by atoms with van der Waals surface area (Å²) >= 11 is 1.17. The minimum absolute atomic E-state index is 0.0266. The van der Waals surface area contributed by atoms with Gasteiger partial charge >= 0.3 is 5.97 Å². The second-order valence-corrected chi connectivity index (χ2v) is 8.47. The number of thioether (sulfide) groups is 1. The number of hydrogen-bond acceptors (Lipinski definition) is 8. The minimum Gasteiger partial charge on any atom is -0.493 e. The smallest absolute Gasteiger partial charge is 0.316 e. The number of carbonyl (C=O) groups is 2. The largest absolute Gasteiger partial charge is 0.493 e. The predicted octanol–water partition coefficient (Wildman–Crippen LogP) is 4.33. The summed E-state index contributed by atoms with van der Waals surface area (Å²) in [4.78, 5) is 25.4. The molecule has 1 aliphatic rings. The third kappa shape index (κ3) is 5.97. The van der Waals surface area contributed by atoms with Gasteiger partial charge in [0.05, 0.1) is 49.2 Å². The summed E-state index contributed by atoms with van der Waals surface area (Å²) in [6.45, 7) is 3.78. The van der Waals surface area contributed by atoms with E-state index in [1.54, 1.807) is 44.2 Å². The van der Waals surface area contributed by atoms with Gasteiger partial charge in [0.15, 0.2) is 11.5 Å². The average molecular weight is 494 g/mol. The number of benzene rings is 2. The van der Waals surface area contributed by atoms with Crippen LogP contribution in [0.25, 0.3) is 0 Å². The molecule has 0 fully saturated rings. The number of hydrogen-bond donors (Lipinski definition) is 2. The topological polar surface area (TPSA) is 110 Å². The van der Waals surface area contributed by atoms with Gasteiger partial charge in [0.1, 0.15) is 0 Å². The SMILES string of the molecule is CCOC(=O)CSC1=C(C#N)[C@@H](c2ccc(OC)c(OC)c2)C(C(=O)Nc2ccccc2)=C(C)N1. The van der Waals surface area contributed by atoms with Crippen LogP contribution in [-0.2, 0) is 14.3 Å². The van der Waals surface area contributed by atoms with Crippen molar-refractivity contribution >= 4 is 29.3 Å². The molecule has 1 aliphatic heterocycles. The van der Waals surface area contributed by atoms with Crippen molar-refractivity contribution in [3.05, 3.63) is 76.0 Å². The van der Waals surface area contributed by atoms with Gasteiger partial charge in [-0.3, -0.25) is 9.59 Å². The normalized spacial score (nSPS) is 15.1. The molecule has 0 bridgehead atoms. The van der Waals surface area contributed by atoms with Gasteiger partial charge in [-0.05, 0) is 43.7 Å². The van der Waals surface area contributed by atoms with Crippen LogP contribution in [0.2, 0.25) is 0 Å². The number of ether oxygens (including phenoxy) is 3. The third-order valence-corrected chi connectivity index (χ3v) is 6.30. The maximum Gasteiger partial charge on any atom is 0.316 e. The van der Waals surface area contributed by atoms with E-state index in [0.29, 0.717) is 44.6 Å². The lowest BCUT2D eigenvalue weighted by atomic mass is 9.82. The van der Waals surface area contributed by atoms with Crippen LogP contribution in [0, 0.1) is 11.3 Å². The van der Waals surface area contributed by atoms with Crippen LogP contribution in [0.15, 0.2) is 70.4 Å². The highest BCUT2D eigenvalue weighted by Gasteiger charge is 2.35. The highest BCUT2D eigenvalue weighted by Crippen LogP contribution is 2.43. The molecule has 2 aromatic rings. The quantitative estimate of drug-likeness (QED) is 0.497. The molecule has 0 saturated heterocycles. The van der Waals surface area contributed by atoms with Crippen LogP contribution in [-0.4, -0.2) is 38.5 Å². The Morgan fingerprint density at radius 3 is 2.46 bits per heavy atom. The second-order valence-electron chi connectivity index (χ2n) is 7.48. The second kappa shape index (κ2) is 12.0. The predicted molar refractivity (Wildman–Crippen MR) is 135 cm³/mol. The first-order valence-corrected chi connectivity index (χ1v) is 11.9. The molecule has 0 unspecified atom stereocenters. The van der Waals surface area contributed by atoms with Crippen molar-refractivity contribution in [1.29, 1.82) is 5.26 Å². The molecule has 2 aromatic carbocycles. The van der Waals surface area contributed by atoms with Crippen molar-refractivity contribution in [3.63, 3.8) is 0 Å². The van der Waals surface area contributed by atoms with Gasteiger partial charge in [-0.1, -0.05) is 36.0 Å². The standard InChI is InChI=1S/C26H27N3O5S/c1-5-34-22(30)15-35-26-19(14-27)24(17-11-12-20(32-3)21(13-17)33-4)23(16(2)28-26)25(31)29-18-9-7-6-8-10-18/h6-13,24,28H,5,15H2,1-4H3,(H,29,31)/t24-/m1/s1. The Balaban J connectivity index is 2.08. The number of anilines is 1. The first-order chi connectivity index (χ1) is 16.9.